The van der Waals surface area contributed by atoms with E-state index in [1.807, 2.05) is 54.2 Å². The van der Waals surface area contributed by atoms with Gasteiger partial charge in [-0.2, -0.15) is 0 Å². The van der Waals surface area contributed by atoms with Crippen molar-refractivity contribution in [2.45, 2.75) is 27.3 Å². The Morgan fingerprint density at radius 3 is 2.34 bits per heavy atom. The van der Waals surface area contributed by atoms with Crippen LogP contribution in [0.4, 0.5) is 10.1 Å². The fourth-order valence-corrected chi connectivity index (χ4v) is 4.79. The molecule has 6 aromatic rings. The predicted octanol–water partition coefficient (Wildman–Crippen LogP) is 6.74. The fourth-order valence-electron chi connectivity index (χ4n) is 4.79. The van der Waals surface area contributed by atoms with Crippen molar-refractivity contribution in [2.75, 3.05) is 5.32 Å². The van der Waals surface area contributed by atoms with Gasteiger partial charge in [0, 0.05) is 23.5 Å². The molecule has 38 heavy (non-hydrogen) atoms. The Kier molecular flexibility index (Phi) is 5.76. The van der Waals surface area contributed by atoms with E-state index >= 15 is 0 Å². The summed E-state index contributed by atoms with van der Waals surface area (Å²) in [5.74, 6) is 0.247. The first-order valence-corrected chi connectivity index (χ1v) is 12.4. The van der Waals surface area contributed by atoms with Crippen LogP contribution in [-0.4, -0.2) is 25.0 Å². The molecule has 0 bridgehead atoms. The minimum Gasteiger partial charge on any atom is -0.326 e. The maximum Gasteiger partial charge on any atom is 0.255 e. The monoisotopic (exact) mass is 503 g/mol. The standard InChI is InChI=1S/C31H26FN5O/c1-19-14-28-29(15-20(19)2)36(18-33-28)17-22-4-9-25(10-5-22)35-31(38)23-6-13-27-30(16-23)37(21(3)34-27)26-11-7-24(32)8-12-26/h4-16,18H,17H2,1-3H3,(H,35,38). The maximum atomic E-state index is 13.4. The van der Waals surface area contributed by atoms with E-state index in [0.29, 0.717) is 17.8 Å². The number of nitrogens with zero attached hydrogens (tertiary/aromatic N) is 4. The van der Waals surface area contributed by atoms with Gasteiger partial charge in [0.05, 0.1) is 28.4 Å². The highest BCUT2D eigenvalue weighted by Crippen LogP contribution is 2.24. The first kappa shape index (κ1) is 23.6. The third-order valence-electron chi connectivity index (χ3n) is 6.97. The molecule has 4 aromatic carbocycles. The zero-order chi connectivity index (χ0) is 26.4. The SMILES string of the molecule is Cc1cc2ncn(Cc3ccc(NC(=O)c4ccc5nc(C)n(-c6ccc(F)cc6)c5c4)cc3)c2cc1C. The lowest BCUT2D eigenvalue weighted by atomic mass is 10.1. The zero-order valence-corrected chi connectivity index (χ0v) is 21.4. The number of carbonyl (C=O) groups is 1. The van der Waals surface area contributed by atoms with Gasteiger partial charge < -0.3 is 9.88 Å². The van der Waals surface area contributed by atoms with Crippen LogP contribution in [0.25, 0.3) is 27.8 Å². The number of hydrogen-bond donors (Lipinski definition) is 1. The summed E-state index contributed by atoms with van der Waals surface area (Å²) in [4.78, 5) is 22.2. The Labute approximate surface area is 219 Å². The molecule has 0 atom stereocenters. The molecule has 0 saturated carbocycles. The molecule has 2 heterocycles. The van der Waals surface area contributed by atoms with Crippen LogP contribution < -0.4 is 5.32 Å². The van der Waals surface area contributed by atoms with Crippen molar-refractivity contribution in [1.29, 1.82) is 0 Å². The molecule has 0 spiro atoms. The van der Waals surface area contributed by atoms with Gasteiger partial charge in [0.2, 0.25) is 0 Å². The molecule has 7 heteroatoms. The number of anilines is 1. The lowest BCUT2D eigenvalue weighted by Gasteiger charge is -2.10. The summed E-state index contributed by atoms with van der Waals surface area (Å²) in [6.45, 7) is 6.79. The van der Waals surface area contributed by atoms with Crippen molar-refractivity contribution in [3.05, 3.63) is 119 Å². The van der Waals surface area contributed by atoms with Crippen LogP contribution >= 0.6 is 0 Å². The third-order valence-corrected chi connectivity index (χ3v) is 6.97. The number of aryl methyl sites for hydroxylation is 3. The van der Waals surface area contributed by atoms with Crippen LogP contribution in [0.1, 0.15) is 32.9 Å². The van der Waals surface area contributed by atoms with E-state index in [2.05, 4.69) is 45.8 Å². The highest BCUT2D eigenvalue weighted by molar-refractivity contribution is 6.06. The highest BCUT2D eigenvalue weighted by Gasteiger charge is 2.14. The smallest absolute Gasteiger partial charge is 0.255 e. The summed E-state index contributed by atoms with van der Waals surface area (Å²) in [5.41, 5.74) is 9.25. The van der Waals surface area contributed by atoms with Gasteiger partial charge in [0.15, 0.2) is 0 Å². The maximum absolute atomic E-state index is 13.4. The van der Waals surface area contributed by atoms with E-state index in [4.69, 9.17) is 0 Å². The number of benzene rings is 4. The van der Waals surface area contributed by atoms with Gasteiger partial charge in [-0.05, 0) is 104 Å². The van der Waals surface area contributed by atoms with E-state index in [1.165, 1.54) is 23.3 Å². The van der Waals surface area contributed by atoms with Crippen molar-refractivity contribution >= 4 is 33.7 Å². The minimum atomic E-state index is -0.300. The number of amides is 1. The molecule has 0 radical (unpaired) electrons. The summed E-state index contributed by atoms with van der Waals surface area (Å²) >= 11 is 0. The average Bonchev–Trinajstić information content (AvgIpc) is 3.44. The minimum absolute atomic E-state index is 0.212. The van der Waals surface area contributed by atoms with Crippen LogP contribution in [0.5, 0.6) is 0 Å². The Morgan fingerprint density at radius 2 is 1.58 bits per heavy atom. The van der Waals surface area contributed by atoms with E-state index in [1.54, 1.807) is 18.2 Å². The van der Waals surface area contributed by atoms with Gasteiger partial charge in [0.25, 0.3) is 5.91 Å². The molecule has 0 fully saturated rings. The second kappa shape index (κ2) is 9.27. The highest BCUT2D eigenvalue weighted by atomic mass is 19.1. The molecule has 0 unspecified atom stereocenters. The number of carbonyl (C=O) groups excluding carboxylic acids is 1. The predicted molar refractivity (Wildman–Crippen MR) is 148 cm³/mol. The molecule has 1 amide bonds. The molecule has 6 nitrogen and oxygen atoms in total. The number of rotatable bonds is 5. The van der Waals surface area contributed by atoms with Gasteiger partial charge in [-0.25, -0.2) is 14.4 Å². The van der Waals surface area contributed by atoms with Crippen molar-refractivity contribution in [3.63, 3.8) is 0 Å². The summed E-state index contributed by atoms with van der Waals surface area (Å²) in [6, 6.07) is 23.8. The molecule has 0 aliphatic carbocycles. The van der Waals surface area contributed by atoms with Gasteiger partial charge in [0.1, 0.15) is 11.6 Å². The number of hydrogen-bond acceptors (Lipinski definition) is 3. The first-order chi connectivity index (χ1) is 18.4. The van der Waals surface area contributed by atoms with Crippen molar-refractivity contribution in [2.24, 2.45) is 0 Å². The van der Waals surface area contributed by atoms with E-state index in [0.717, 1.165) is 39.1 Å². The molecule has 0 saturated heterocycles. The summed E-state index contributed by atoms with van der Waals surface area (Å²) in [7, 11) is 0. The lowest BCUT2D eigenvalue weighted by molar-refractivity contribution is 0.102. The largest absolute Gasteiger partial charge is 0.326 e. The summed E-state index contributed by atoms with van der Waals surface area (Å²) < 4.78 is 17.5. The molecule has 0 aliphatic rings. The van der Waals surface area contributed by atoms with Gasteiger partial charge in [-0.3, -0.25) is 9.36 Å². The Bertz CT molecular complexity index is 1810. The Morgan fingerprint density at radius 1 is 0.842 bits per heavy atom. The third kappa shape index (κ3) is 4.32. The molecular formula is C31H26FN5O. The van der Waals surface area contributed by atoms with E-state index < -0.39 is 0 Å². The second-order valence-corrected chi connectivity index (χ2v) is 9.62. The number of imidazole rings is 2. The Hall–Kier alpha value is -4.78. The van der Waals surface area contributed by atoms with Crippen LogP contribution in [-0.2, 0) is 6.54 Å². The van der Waals surface area contributed by atoms with Gasteiger partial charge >= 0.3 is 0 Å². The van der Waals surface area contributed by atoms with Crippen molar-refractivity contribution < 1.29 is 9.18 Å². The average molecular weight is 504 g/mol. The van der Waals surface area contributed by atoms with Crippen LogP contribution in [0.3, 0.4) is 0 Å². The quantitative estimate of drug-likeness (QED) is 0.283. The van der Waals surface area contributed by atoms with Crippen LogP contribution in [0.15, 0.2) is 85.2 Å². The first-order valence-electron chi connectivity index (χ1n) is 12.4. The van der Waals surface area contributed by atoms with E-state index in [9.17, 15) is 9.18 Å². The number of nitrogens with one attached hydrogen (secondary N) is 1. The second-order valence-electron chi connectivity index (χ2n) is 9.62. The van der Waals surface area contributed by atoms with Crippen LogP contribution in [0, 0.1) is 26.6 Å². The molecule has 6 rings (SSSR count). The van der Waals surface area contributed by atoms with Crippen molar-refractivity contribution in [3.8, 4) is 5.69 Å². The molecule has 1 N–H and O–H groups in total. The topological polar surface area (TPSA) is 64.7 Å². The number of aromatic nitrogens is 4. The van der Waals surface area contributed by atoms with Crippen LogP contribution in [0.2, 0.25) is 0 Å². The molecule has 2 aromatic heterocycles. The summed E-state index contributed by atoms with van der Waals surface area (Å²) in [5, 5.41) is 2.99. The zero-order valence-electron chi connectivity index (χ0n) is 21.4. The normalized spacial score (nSPS) is 11.4. The molecular weight excluding hydrogens is 477 g/mol. The molecule has 188 valence electrons. The number of fused-ring (bicyclic) bond motifs is 2. The lowest BCUT2D eigenvalue weighted by Crippen LogP contribution is -2.12. The van der Waals surface area contributed by atoms with Gasteiger partial charge in [-0.1, -0.05) is 12.1 Å². The van der Waals surface area contributed by atoms with Gasteiger partial charge in [-0.15, -0.1) is 0 Å². The van der Waals surface area contributed by atoms with Crippen molar-refractivity contribution in [1.82, 2.24) is 19.1 Å². The fraction of sp³-hybridized carbons (Fsp3) is 0.129. The number of halogens is 1. The Balaban J connectivity index is 1.21. The van der Waals surface area contributed by atoms with E-state index in [-0.39, 0.29) is 11.7 Å². The molecule has 0 aliphatic heterocycles. The summed E-state index contributed by atoms with van der Waals surface area (Å²) in [6.07, 6.45) is 1.87.